The zero-order valence-corrected chi connectivity index (χ0v) is 11.9. The molecule has 0 unspecified atom stereocenters. The molecule has 0 spiro atoms. The monoisotopic (exact) mass is 286 g/mol. The fraction of sp³-hybridized carbons (Fsp3) is 0.125. The van der Waals surface area contributed by atoms with Crippen LogP contribution < -0.4 is 5.56 Å². The van der Waals surface area contributed by atoms with Crippen LogP contribution in [0, 0.1) is 6.92 Å². The summed E-state index contributed by atoms with van der Waals surface area (Å²) in [5.74, 6) is 0. The lowest BCUT2D eigenvalue weighted by molar-refractivity contribution is 0.951. The summed E-state index contributed by atoms with van der Waals surface area (Å²) in [7, 11) is 0. The third-order valence-electron chi connectivity index (χ3n) is 3.26. The number of hydrogen-bond donors (Lipinski definition) is 0. The van der Waals surface area contributed by atoms with Gasteiger partial charge in [0.05, 0.1) is 0 Å². The molecule has 3 nitrogen and oxygen atoms in total. The van der Waals surface area contributed by atoms with Gasteiger partial charge in [0.15, 0.2) is 0 Å². The Morgan fingerprint density at radius 1 is 1.05 bits per heavy atom. The van der Waals surface area contributed by atoms with Crippen molar-refractivity contribution in [1.82, 2.24) is 9.38 Å². The van der Waals surface area contributed by atoms with Crippen molar-refractivity contribution >= 4 is 18.1 Å². The molecule has 102 valence electrons. The van der Waals surface area contributed by atoms with Crippen molar-refractivity contribution in [3.63, 3.8) is 0 Å². The molecule has 3 aromatic rings. The maximum atomic E-state index is 12.5. The van der Waals surface area contributed by atoms with Crippen molar-refractivity contribution in [2.24, 2.45) is 0 Å². The maximum Gasteiger partial charge on any atom is 0.261 e. The SMILES string of the molecule is Cc1nc2ccccn2c(=O)c1Cc1ccccc1.Cl. The van der Waals surface area contributed by atoms with Crippen molar-refractivity contribution in [1.29, 1.82) is 0 Å². The number of aromatic nitrogens is 2. The predicted octanol–water partition coefficient (Wildman–Crippen LogP) is 3.02. The molecule has 0 fully saturated rings. The molecule has 0 saturated heterocycles. The molecule has 0 aliphatic carbocycles. The van der Waals surface area contributed by atoms with E-state index in [2.05, 4.69) is 4.98 Å². The molecule has 0 N–H and O–H groups in total. The normalized spacial score (nSPS) is 10.2. The Morgan fingerprint density at radius 3 is 2.50 bits per heavy atom. The zero-order chi connectivity index (χ0) is 13.2. The first kappa shape index (κ1) is 14.3. The van der Waals surface area contributed by atoms with Crippen LogP contribution in [0.4, 0.5) is 0 Å². The molecule has 0 aliphatic heterocycles. The van der Waals surface area contributed by atoms with Gasteiger partial charge in [-0.25, -0.2) is 4.98 Å². The highest BCUT2D eigenvalue weighted by Crippen LogP contribution is 2.09. The van der Waals surface area contributed by atoms with Crippen molar-refractivity contribution < 1.29 is 0 Å². The quantitative estimate of drug-likeness (QED) is 0.726. The summed E-state index contributed by atoms with van der Waals surface area (Å²) in [4.78, 5) is 17.0. The second kappa shape index (κ2) is 5.88. The topological polar surface area (TPSA) is 34.4 Å². The molecule has 4 heteroatoms. The number of pyridine rings is 1. The first-order chi connectivity index (χ1) is 9.25. The summed E-state index contributed by atoms with van der Waals surface area (Å²) in [5.41, 5.74) is 3.41. The largest absolute Gasteiger partial charge is 0.269 e. The van der Waals surface area contributed by atoms with Gasteiger partial charge in [-0.3, -0.25) is 9.20 Å². The summed E-state index contributed by atoms with van der Waals surface area (Å²) < 4.78 is 1.60. The molecule has 0 bridgehead atoms. The van der Waals surface area contributed by atoms with E-state index in [-0.39, 0.29) is 18.0 Å². The van der Waals surface area contributed by atoms with Gasteiger partial charge in [0.25, 0.3) is 5.56 Å². The highest BCUT2D eigenvalue weighted by Gasteiger charge is 2.09. The molecular formula is C16H15ClN2O. The van der Waals surface area contributed by atoms with Gasteiger partial charge in [0, 0.05) is 23.9 Å². The highest BCUT2D eigenvalue weighted by atomic mass is 35.5. The molecule has 0 amide bonds. The minimum Gasteiger partial charge on any atom is -0.269 e. The number of halogens is 1. The Hall–Kier alpha value is -2.13. The summed E-state index contributed by atoms with van der Waals surface area (Å²) in [6.07, 6.45) is 2.38. The fourth-order valence-electron chi connectivity index (χ4n) is 2.24. The van der Waals surface area contributed by atoms with Gasteiger partial charge in [0.2, 0.25) is 0 Å². The highest BCUT2D eigenvalue weighted by molar-refractivity contribution is 5.85. The van der Waals surface area contributed by atoms with E-state index in [0.29, 0.717) is 12.1 Å². The molecule has 20 heavy (non-hydrogen) atoms. The van der Waals surface area contributed by atoms with E-state index in [0.717, 1.165) is 16.8 Å². The van der Waals surface area contributed by atoms with Crippen LogP contribution in [-0.4, -0.2) is 9.38 Å². The van der Waals surface area contributed by atoms with Crippen molar-refractivity contribution in [3.8, 4) is 0 Å². The second-order valence-electron chi connectivity index (χ2n) is 4.57. The lowest BCUT2D eigenvalue weighted by Gasteiger charge is -2.07. The number of fused-ring (bicyclic) bond motifs is 1. The molecule has 0 radical (unpaired) electrons. The molecule has 1 aromatic carbocycles. The van der Waals surface area contributed by atoms with E-state index in [9.17, 15) is 4.79 Å². The van der Waals surface area contributed by atoms with Crippen LogP contribution in [0.25, 0.3) is 5.65 Å². The number of nitrogens with zero attached hydrogens (tertiary/aromatic N) is 2. The lowest BCUT2D eigenvalue weighted by Crippen LogP contribution is -2.21. The average molecular weight is 287 g/mol. The number of rotatable bonds is 2. The van der Waals surface area contributed by atoms with E-state index in [1.807, 2.05) is 55.5 Å². The van der Waals surface area contributed by atoms with Gasteiger partial charge in [0.1, 0.15) is 5.65 Å². The number of benzene rings is 1. The van der Waals surface area contributed by atoms with Gasteiger partial charge in [-0.15, -0.1) is 12.4 Å². The van der Waals surface area contributed by atoms with Gasteiger partial charge in [-0.2, -0.15) is 0 Å². The van der Waals surface area contributed by atoms with Crippen LogP contribution in [0.3, 0.4) is 0 Å². The zero-order valence-electron chi connectivity index (χ0n) is 11.1. The van der Waals surface area contributed by atoms with Crippen LogP contribution in [0.15, 0.2) is 59.5 Å². The maximum absolute atomic E-state index is 12.5. The molecule has 0 aliphatic rings. The van der Waals surface area contributed by atoms with Crippen molar-refractivity contribution in [2.75, 3.05) is 0 Å². The Labute approximate surface area is 123 Å². The fourth-order valence-corrected chi connectivity index (χ4v) is 2.24. The second-order valence-corrected chi connectivity index (χ2v) is 4.57. The van der Waals surface area contributed by atoms with E-state index in [4.69, 9.17) is 0 Å². The minimum atomic E-state index is 0. The van der Waals surface area contributed by atoms with Crippen LogP contribution in [-0.2, 0) is 6.42 Å². The first-order valence-corrected chi connectivity index (χ1v) is 6.26. The van der Waals surface area contributed by atoms with Crippen LogP contribution in [0.5, 0.6) is 0 Å². The van der Waals surface area contributed by atoms with Gasteiger partial charge in [-0.1, -0.05) is 36.4 Å². The van der Waals surface area contributed by atoms with Crippen molar-refractivity contribution in [2.45, 2.75) is 13.3 Å². The molecule has 0 saturated carbocycles. The number of hydrogen-bond acceptors (Lipinski definition) is 2. The summed E-state index contributed by atoms with van der Waals surface area (Å²) in [5, 5.41) is 0. The predicted molar refractivity (Wildman–Crippen MR) is 82.7 cm³/mol. The van der Waals surface area contributed by atoms with E-state index in [1.54, 1.807) is 10.6 Å². The third kappa shape index (κ3) is 2.58. The van der Waals surface area contributed by atoms with E-state index >= 15 is 0 Å². The Morgan fingerprint density at radius 2 is 1.75 bits per heavy atom. The molecule has 2 aromatic heterocycles. The van der Waals surface area contributed by atoms with Crippen LogP contribution in [0.1, 0.15) is 16.8 Å². The minimum absolute atomic E-state index is 0. The lowest BCUT2D eigenvalue weighted by atomic mass is 10.1. The molecular weight excluding hydrogens is 272 g/mol. The summed E-state index contributed by atoms with van der Waals surface area (Å²) in [6.45, 7) is 1.90. The average Bonchev–Trinajstić information content (AvgIpc) is 2.45. The van der Waals surface area contributed by atoms with E-state index < -0.39 is 0 Å². The summed E-state index contributed by atoms with van der Waals surface area (Å²) in [6, 6.07) is 15.6. The number of aryl methyl sites for hydroxylation is 1. The molecule has 0 atom stereocenters. The van der Waals surface area contributed by atoms with E-state index in [1.165, 1.54) is 0 Å². The van der Waals surface area contributed by atoms with Gasteiger partial charge >= 0.3 is 0 Å². The first-order valence-electron chi connectivity index (χ1n) is 6.26. The van der Waals surface area contributed by atoms with Gasteiger partial charge < -0.3 is 0 Å². The van der Waals surface area contributed by atoms with Crippen LogP contribution >= 0.6 is 12.4 Å². The Kier molecular flexibility index (Phi) is 4.20. The standard InChI is InChI=1S/C16H14N2O.ClH/c1-12-14(11-13-7-3-2-4-8-13)16(19)18-10-6-5-9-15(18)17-12;/h2-10H,11H2,1H3;1H. The Balaban J connectivity index is 0.00000147. The molecule has 2 heterocycles. The smallest absolute Gasteiger partial charge is 0.261 e. The summed E-state index contributed by atoms with van der Waals surface area (Å²) >= 11 is 0. The molecule has 3 rings (SSSR count). The van der Waals surface area contributed by atoms with Gasteiger partial charge in [-0.05, 0) is 24.6 Å². The van der Waals surface area contributed by atoms with Crippen molar-refractivity contribution in [3.05, 3.63) is 81.9 Å². The van der Waals surface area contributed by atoms with Crippen LogP contribution in [0.2, 0.25) is 0 Å². The Bertz CT molecular complexity index is 781. The third-order valence-corrected chi connectivity index (χ3v) is 3.26.